The molecule has 0 bridgehead atoms. The maximum atomic E-state index is 12.8. The van der Waals surface area contributed by atoms with Crippen molar-refractivity contribution in [3.05, 3.63) is 35.9 Å². The molecular formula is C21H29NO4. The van der Waals surface area contributed by atoms with Crippen LogP contribution in [-0.2, 0) is 14.3 Å². The number of benzene rings is 1. The maximum Gasteiger partial charge on any atom is 0.225 e. The average molecular weight is 359 g/mol. The molecule has 3 heterocycles. The highest BCUT2D eigenvalue weighted by molar-refractivity contribution is 5.79. The number of carbonyl (C=O) groups excluding carboxylic acids is 1. The second kappa shape index (κ2) is 7.67. The Labute approximate surface area is 155 Å². The van der Waals surface area contributed by atoms with Gasteiger partial charge in [-0.2, -0.15) is 0 Å². The van der Waals surface area contributed by atoms with Crippen LogP contribution >= 0.6 is 0 Å². The normalized spacial score (nSPS) is 29.7. The molecule has 1 aromatic rings. The summed E-state index contributed by atoms with van der Waals surface area (Å²) in [6, 6.07) is 10.2. The molecule has 5 nitrogen and oxygen atoms in total. The van der Waals surface area contributed by atoms with Crippen molar-refractivity contribution in [1.82, 2.24) is 4.90 Å². The Morgan fingerprint density at radius 2 is 1.81 bits per heavy atom. The van der Waals surface area contributed by atoms with Gasteiger partial charge in [-0.1, -0.05) is 30.3 Å². The minimum Gasteiger partial charge on any atom is -0.393 e. The van der Waals surface area contributed by atoms with Crippen LogP contribution in [0.5, 0.6) is 0 Å². The van der Waals surface area contributed by atoms with Gasteiger partial charge in [0.15, 0.2) is 0 Å². The van der Waals surface area contributed by atoms with Gasteiger partial charge in [-0.15, -0.1) is 0 Å². The molecule has 3 fully saturated rings. The fraction of sp³-hybridized carbons (Fsp3) is 0.667. The first-order valence-electron chi connectivity index (χ1n) is 9.93. The lowest BCUT2D eigenvalue weighted by Gasteiger charge is -2.48. The predicted molar refractivity (Wildman–Crippen MR) is 97.6 cm³/mol. The summed E-state index contributed by atoms with van der Waals surface area (Å²) in [7, 11) is 0. The van der Waals surface area contributed by atoms with E-state index < -0.39 is 0 Å². The molecule has 142 valence electrons. The molecule has 1 N–H and O–H groups in total. The molecule has 0 unspecified atom stereocenters. The standard InChI is InChI=1S/C21H29NO4/c23-18-14-19(16-4-2-1-3-5-16)26-21(15-18)8-10-22(11-9-21)20(24)17-6-12-25-13-7-17/h1-5,17-19,23H,6-15H2/t18-,19-/m1/s1. The van der Waals surface area contributed by atoms with Crippen molar-refractivity contribution in [3.63, 3.8) is 0 Å². The van der Waals surface area contributed by atoms with Gasteiger partial charge in [0.25, 0.3) is 0 Å². The van der Waals surface area contributed by atoms with Crippen molar-refractivity contribution in [2.24, 2.45) is 5.92 Å². The Morgan fingerprint density at radius 3 is 2.50 bits per heavy atom. The van der Waals surface area contributed by atoms with Crippen molar-refractivity contribution in [3.8, 4) is 0 Å². The average Bonchev–Trinajstić information content (AvgIpc) is 2.69. The largest absolute Gasteiger partial charge is 0.393 e. The van der Waals surface area contributed by atoms with Gasteiger partial charge in [0.05, 0.1) is 17.8 Å². The van der Waals surface area contributed by atoms with Crippen LogP contribution in [0.2, 0.25) is 0 Å². The molecule has 3 aliphatic heterocycles. The summed E-state index contributed by atoms with van der Waals surface area (Å²) in [5, 5.41) is 10.5. The number of nitrogens with zero attached hydrogens (tertiary/aromatic N) is 1. The number of hydrogen-bond donors (Lipinski definition) is 1. The monoisotopic (exact) mass is 359 g/mol. The first-order valence-corrected chi connectivity index (χ1v) is 9.93. The Morgan fingerprint density at radius 1 is 1.12 bits per heavy atom. The van der Waals surface area contributed by atoms with Gasteiger partial charge in [0.2, 0.25) is 5.91 Å². The second-order valence-corrected chi connectivity index (χ2v) is 8.01. The van der Waals surface area contributed by atoms with Crippen molar-refractivity contribution in [1.29, 1.82) is 0 Å². The lowest BCUT2D eigenvalue weighted by Crippen LogP contribution is -2.53. The van der Waals surface area contributed by atoms with E-state index in [9.17, 15) is 9.90 Å². The smallest absolute Gasteiger partial charge is 0.225 e. The molecule has 1 aromatic carbocycles. The fourth-order valence-electron chi connectivity index (χ4n) is 4.69. The van der Waals surface area contributed by atoms with E-state index in [2.05, 4.69) is 12.1 Å². The van der Waals surface area contributed by atoms with E-state index in [0.717, 1.165) is 44.3 Å². The van der Waals surface area contributed by atoms with Crippen LogP contribution in [0.15, 0.2) is 30.3 Å². The van der Waals surface area contributed by atoms with E-state index in [1.165, 1.54) is 0 Å². The third-order valence-corrected chi connectivity index (χ3v) is 6.21. The van der Waals surface area contributed by atoms with Gasteiger partial charge in [0, 0.05) is 45.1 Å². The van der Waals surface area contributed by atoms with Crippen LogP contribution in [0.25, 0.3) is 0 Å². The molecular weight excluding hydrogens is 330 g/mol. The Balaban J connectivity index is 1.39. The maximum absolute atomic E-state index is 12.8. The molecule has 0 saturated carbocycles. The SMILES string of the molecule is O=C(C1CCOCC1)N1CCC2(CC1)C[C@H](O)C[C@H](c1ccccc1)O2. The summed E-state index contributed by atoms with van der Waals surface area (Å²) in [6.07, 6.45) is 4.22. The number of ether oxygens (including phenoxy) is 2. The number of aliphatic hydroxyl groups excluding tert-OH is 1. The first-order chi connectivity index (χ1) is 12.7. The van der Waals surface area contributed by atoms with Gasteiger partial charge in [-0.05, 0) is 31.2 Å². The zero-order chi connectivity index (χ0) is 18.0. The molecule has 5 heteroatoms. The molecule has 3 saturated heterocycles. The van der Waals surface area contributed by atoms with Gasteiger partial charge in [-0.25, -0.2) is 0 Å². The first kappa shape index (κ1) is 18.0. The topological polar surface area (TPSA) is 59.0 Å². The van der Waals surface area contributed by atoms with Gasteiger partial charge >= 0.3 is 0 Å². The van der Waals surface area contributed by atoms with E-state index in [0.29, 0.717) is 26.1 Å². The number of piperidine rings is 1. The molecule has 2 atom stereocenters. The molecule has 3 aliphatic rings. The number of rotatable bonds is 2. The van der Waals surface area contributed by atoms with Crippen LogP contribution in [0.4, 0.5) is 0 Å². The van der Waals surface area contributed by atoms with Crippen LogP contribution in [0.1, 0.15) is 50.2 Å². The van der Waals surface area contributed by atoms with Crippen molar-refractivity contribution >= 4 is 5.91 Å². The Hall–Kier alpha value is -1.43. The van der Waals surface area contributed by atoms with Gasteiger partial charge in [-0.3, -0.25) is 4.79 Å². The quantitative estimate of drug-likeness (QED) is 0.882. The van der Waals surface area contributed by atoms with Crippen LogP contribution < -0.4 is 0 Å². The number of hydrogen-bond acceptors (Lipinski definition) is 4. The fourth-order valence-corrected chi connectivity index (χ4v) is 4.69. The molecule has 26 heavy (non-hydrogen) atoms. The van der Waals surface area contributed by atoms with E-state index in [1.807, 2.05) is 23.1 Å². The summed E-state index contributed by atoms with van der Waals surface area (Å²) in [6.45, 7) is 2.85. The van der Waals surface area contributed by atoms with Gasteiger partial charge in [0.1, 0.15) is 0 Å². The zero-order valence-corrected chi connectivity index (χ0v) is 15.3. The lowest BCUT2D eigenvalue weighted by molar-refractivity contribution is -0.187. The van der Waals surface area contributed by atoms with E-state index in [-0.39, 0.29) is 29.6 Å². The third-order valence-electron chi connectivity index (χ3n) is 6.21. The van der Waals surface area contributed by atoms with E-state index >= 15 is 0 Å². The summed E-state index contributed by atoms with van der Waals surface area (Å²) < 4.78 is 11.9. The molecule has 4 rings (SSSR count). The van der Waals surface area contributed by atoms with Crippen molar-refractivity contribution in [2.45, 2.75) is 56.3 Å². The van der Waals surface area contributed by atoms with Crippen LogP contribution in [-0.4, -0.2) is 53.9 Å². The minimum atomic E-state index is -0.341. The zero-order valence-electron chi connectivity index (χ0n) is 15.3. The molecule has 1 spiro atoms. The molecule has 0 aromatic heterocycles. The summed E-state index contributed by atoms with van der Waals surface area (Å²) in [4.78, 5) is 14.8. The van der Waals surface area contributed by atoms with Crippen LogP contribution in [0.3, 0.4) is 0 Å². The van der Waals surface area contributed by atoms with E-state index in [1.54, 1.807) is 0 Å². The Bertz CT molecular complexity index is 606. The summed E-state index contributed by atoms with van der Waals surface area (Å²) in [5.41, 5.74) is 0.830. The lowest BCUT2D eigenvalue weighted by atomic mass is 9.80. The highest BCUT2D eigenvalue weighted by Gasteiger charge is 2.44. The third kappa shape index (κ3) is 3.80. The minimum absolute atomic E-state index is 0.0577. The van der Waals surface area contributed by atoms with Gasteiger partial charge < -0.3 is 19.5 Å². The summed E-state index contributed by atoms with van der Waals surface area (Å²) >= 11 is 0. The highest BCUT2D eigenvalue weighted by atomic mass is 16.5. The van der Waals surface area contributed by atoms with E-state index in [4.69, 9.17) is 9.47 Å². The number of aliphatic hydroxyl groups is 1. The number of amides is 1. The highest BCUT2D eigenvalue weighted by Crippen LogP contribution is 2.43. The van der Waals surface area contributed by atoms with Crippen LogP contribution in [0, 0.1) is 5.92 Å². The molecule has 1 amide bonds. The van der Waals surface area contributed by atoms with Crippen molar-refractivity contribution < 1.29 is 19.4 Å². The summed E-state index contributed by atoms with van der Waals surface area (Å²) in [5.74, 6) is 0.395. The number of carbonyl (C=O) groups is 1. The predicted octanol–water partition coefficient (Wildman–Crippen LogP) is 2.69. The number of likely N-dealkylation sites (tertiary alicyclic amines) is 1. The van der Waals surface area contributed by atoms with Crippen molar-refractivity contribution in [2.75, 3.05) is 26.3 Å². The Kier molecular flexibility index (Phi) is 5.30. The second-order valence-electron chi connectivity index (χ2n) is 8.01. The molecule has 0 aliphatic carbocycles. The molecule has 0 radical (unpaired) electrons.